The Hall–Kier alpha value is -2.61. The first-order valence-electron chi connectivity index (χ1n) is 8.99. The van der Waals surface area contributed by atoms with Crippen molar-refractivity contribution < 1.29 is 21.8 Å². The molecule has 0 aromatic heterocycles. The zero-order valence-corrected chi connectivity index (χ0v) is 17.0. The predicted octanol–water partition coefficient (Wildman–Crippen LogP) is 3.67. The van der Waals surface area contributed by atoms with Crippen LogP contribution in [0.5, 0.6) is 5.75 Å². The van der Waals surface area contributed by atoms with Gasteiger partial charge in [0.1, 0.15) is 11.6 Å². The molecule has 2 rings (SSSR count). The van der Waals surface area contributed by atoms with Gasteiger partial charge in [0.2, 0.25) is 0 Å². The van der Waals surface area contributed by atoms with Gasteiger partial charge >= 0.3 is 16.1 Å². The van der Waals surface area contributed by atoms with Crippen molar-refractivity contribution in [3.63, 3.8) is 0 Å². The van der Waals surface area contributed by atoms with Gasteiger partial charge in [-0.05, 0) is 56.2 Å². The fraction of sp³-hybridized carbons (Fsp3) is 0.350. The molecule has 2 amide bonds. The molecule has 0 unspecified atom stereocenters. The van der Waals surface area contributed by atoms with E-state index < -0.39 is 10.1 Å². The summed E-state index contributed by atoms with van der Waals surface area (Å²) >= 11 is 0. The number of urea groups is 1. The smallest absolute Gasteiger partial charge is 0.318 e. The third-order valence-corrected chi connectivity index (χ3v) is 4.99. The SMILES string of the molecule is CCS(=O)(=O)Oc1cccc(CN(Cc2ccc(F)cc2)C(=O)NC(C)C)c1. The molecule has 1 N–H and O–H groups in total. The Morgan fingerprint density at radius 2 is 1.75 bits per heavy atom. The molecule has 0 aliphatic rings. The second-order valence-corrected chi connectivity index (χ2v) is 8.52. The van der Waals surface area contributed by atoms with Crippen LogP contribution in [-0.4, -0.2) is 31.1 Å². The number of hydrogen-bond acceptors (Lipinski definition) is 4. The summed E-state index contributed by atoms with van der Waals surface area (Å²) in [6.45, 7) is 5.73. The lowest BCUT2D eigenvalue weighted by Crippen LogP contribution is -2.42. The fourth-order valence-corrected chi connectivity index (χ4v) is 2.98. The lowest BCUT2D eigenvalue weighted by atomic mass is 10.1. The fourth-order valence-electron chi connectivity index (χ4n) is 2.47. The van der Waals surface area contributed by atoms with Gasteiger partial charge in [0, 0.05) is 19.1 Å². The highest BCUT2D eigenvalue weighted by atomic mass is 32.2. The highest BCUT2D eigenvalue weighted by Crippen LogP contribution is 2.18. The molecule has 0 bridgehead atoms. The molecule has 0 heterocycles. The van der Waals surface area contributed by atoms with Gasteiger partial charge in [-0.1, -0.05) is 24.3 Å². The molecule has 0 aliphatic carbocycles. The van der Waals surface area contributed by atoms with Crippen molar-refractivity contribution in [3.05, 3.63) is 65.5 Å². The first-order chi connectivity index (χ1) is 13.2. The number of nitrogens with zero attached hydrogens (tertiary/aromatic N) is 1. The maximum Gasteiger partial charge on any atom is 0.318 e. The minimum Gasteiger partial charge on any atom is -0.382 e. The summed E-state index contributed by atoms with van der Waals surface area (Å²) in [5.41, 5.74) is 1.49. The molecule has 0 spiro atoms. The van der Waals surface area contributed by atoms with Crippen molar-refractivity contribution in [1.82, 2.24) is 10.2 Å². The van der Waals surface area contributed by atoms with Crippen LogP contribution in [-0.2, 0) is 23.2 Å². The second-order valence-electron chi connectivity index (χ2n) is 6.66. The zero-order chi connectivity index (χ0) is 20.7. The van der Waals surface area contributed by atoms with E-state index in [0.29, 0.717) is 5.56 Å². The zero-order valence-electron chi connectivity index (χ0n) is 16.2. The van der Waals surface area contributed by atoms with Gasteiger partial charge in [-0.2, -0.15) is 8.42 Å². The number of nitrogens with one attached hydrogen (secondary N) is 1. The number of benzene rings is 2. The van der Waals surface area contributed by atoms with Crippen LogP contribution in [0, 0.1) is 5.82 Å². The highest BCUT2D eigenvalue weighted by Gasteiger charge is 2.17. The van der Waals surface area contributed by atoms with Crippen LogP contribution >= 0.6 is 0 Å². The van der Waals surface area contributed by atoms with E-state index in [9.17, 15) is 17.6 Å². The highest BCUT2D eigenvalue weighted by molar-refractivity contribution is 7.87. The number of halogens is 1. The minimum atomic E-state index is -3.63. The average Bonchev–Trinajstić information content (AvgIpc) is 2.62. The summed E-state index contributed by atoms with van der Waals surface area (Å²) in [6, 6.07) is 12.2. The standard InChI is InChI=1S/C20H25FN2O4S/c1-4-28(25,26)27-19-7-5-6-17(12-19)14-23(20(24)22-15(2)3)13-16-8-10-18(21)11-9-16/h5-12,15H,4,13-14H2,1-3H3,(H,22,24). The molecule has 0 atom stereocenters. The van der Waals surface area contributed by atoms with Crippen LogP contribution in [0.15, 0.2) is 48.5 Å². The molecule has 8 heteroatoms. The predicted molar refractivity (Wildman–Crippen MR) is 106 cm³/mol. The van der Waals surface area contributed by atoms with Crippen LogP contribution in [0.1, 0.15) is 31.9 Å². The second kappa shape index (κ2) is 9.54. The van der Waals surface area contributed by atoms with Crippen LogP contribution in [0.2, 0.25) is 0 Å². The molecule has 0 aliphatic heterocycles. The van der Waals surface area contributed by atoms with Gasteiger partial charge in [0.15, 0.2) is 0 Å². The summed E-state index contributed by atoms with van der Waals surface area (Å²) in [4.78, 5) is 14.2. The van der Waals surface area contributed by atoms with Gasteiger partial charge in [0.05, 0.1) is 5.75 Å². The normalized spacial score (nSPS) is 11.3. The quantitative estimate of drug-likeness (QED) is 0.676. The third kappa shape index (κ3) is 6.84. The first kappa shape index (κ1) is 21.7. The van der Waals surface area contributed by atoms with E-state index in [0.717, 1.165) is 5.56 Å². The number of rotatable bonds is 8. The van der Waals surface area contributed by atoms with Crippen molar-refractivity contribution in [3.8, 4) is 5.75 Å². The maximum absolute atomic E-state index is 13.2. The summed E-state index contributed by atoms with van der Waals surface area (Å²) in [5.74, 6) is -0.278. The number of hydrogen-bond donors (Lipinski definition) is 1. The van der Waals surface area contributed by atoms with Gasteiger partial charge in [-0.3, -0.25) is 0 Å². The minimum absolute atomic E-state index is 0.0485. The van der Waals surface area contributed by atoms with Gasteiger partial charge in [-0.25, -0.2) is 9.18 Å². The Morgan fingerprint density at radius 3 is 2.36 bits per heavy atom. The number of amides is 2. The lowest BCUT2D eigenvalue weighted by molar-refractivity contribution is 0.189. The first-order valence-corrected chi connectivity index (χ1v) is 10.6. The van der Waals surface area contributed by atoms with Crippen LogP contribution < -0.4 is 9.50 Å². The average molecular weight is 408 g/mol. The molecule has 2 aromatic rings. The summed E-state index contributed by atoms with van der Waals surface area (Å²) in [7, 11) is -3.63. The topological polar surface area (TPSA) is 75.7 Å². The number of carbonyl (C=O) groups excluding carboxylic acids is 1. The van der Waals surface area contributed by atoms with E-state index in [1.165, 1.54) is 19.1 Å². The Labute approximate surface area is 165 Å². The van der Waals surface area contributed by atoms with E-state index in [1.807, 2.05) is 13.8 Å². The van der Waals surface area contributed by atoms with Crippen molar-refractivity contribution >= 4 is 16.1 Å². The molecule has 152 valence electrons. The molecule has 0 saturated carbocycles. The summed E-state index contributed by atoms with van der Waals surface area (Å²) < 4.78 is 41.5. The molecule has 2 aromatic carbocycles. The molecular weight excluding hydrogens is 383 g/mol. The maximum atomic E-state index is 13.2. The van der Waals surface area contributed by atoms with Gasteiger partial charge in [-0.15, -0.1) is 0 Å². The molecule has 6 nitrogen and oxygen atoms in total. The number of carbonyl (C=O) groups is 1. The summed E-state index contributed by atoms with van der Waals surface area (Å²) in [6.07, 6.45) is 0. The van der Waals surface area contributed by atoms with E-state index in [4.69, 9.17) is 4.18 Å². The van der Waals surface area contributed by atoms with E-state index >= 15 is 0 Å². The van der Waals surface area contributed by atoms with Crippen LogP contribution in [0.25, 0.3) is 0 Å². The Morgan fingerprint density at radius 1 is 1.11 bits per heavy atom. The molecular formula is C20H25FN2O4S. The van der Waals surface area contributed by atoms with Crippen molar-refractivity contribution in [2.45, 2.75) is 39.9 Å². The van der Waals surface area contributed by atoms with Crippen LogP contribution in [0.3, 0.4) is 0 Å². The van der Waals surface area contributed by atoms with E-state index in [-0.39, 0.29) is 42.5 Å². The molecule has 0 saturated heterocycles. The largest absolute Gasteiger partial charge is 0.382 e. The molecule has 28 heavy (non-hydrogen) atoms. The molecule has 0 radical (unpaired) electrons. The summed E-state index contributed by atoms with van der Waals surface area (Å²) in [5, 5.41) is 2.84. The Balaban J connectivity index is 2.21. The van der Waals surface area contributed by atoms with Crippen molar-refractivity contribution in [2.24, 2.45) is 0 Å². The van der Waals surface area contributed by atoms with E-state index in [1.54, 1.807) is 41.3 Å². The Bertz CT molecular complexity index is 899. The van der Waals surface area contributed by atoms with Gasteiger partial charge in [0.25, 0.3) is 0 Å². The monoisotopic (exact) mass is 408 g/mol. The lowest BCUT2D eigenvalue weighted by Gasteiger charge is -2.25. The van der Waals surface area contributed by atoms with Crippen molar-refractivity contribution in [1.29, 1.82) is 0 Å². The van der Waals surface area contributed by atoms with Gasteiger partial charge < -0.3 is 14.4 Å². The van der Waals surface area contributed by atoms with E-state index in [2.05, 4.69) is 5.32 Å². The van der Waals surface area contributed by atoms with Crippen molar-refractivity contribution in [2.75, 3.05) is 5.75 Å². The molecule has 0 fully saturated rings. The Kier molecular flexibility index (Phi) is 7.39. The third-order valence-electron chi connectivity index (χ3n) is 3.83. The van der Waals surface area contributed by atoms with Crippen LogP contribution in [0.4, 0.5) is 9.18 Å².